The number of hydrazine groups is 2. The highest BCUT2D eigenvalue weighted by Gasteiger charge is 2.48. The van der Waals surface area contributed by atoms with Crippen molar-refractivity contribution in [1.29, 1.82) is 5.41 Å². The molecule has 1 aromatic carbocycles. The Morgan fingerprint density at radius 1 is 1.25 bits per heavy atom. The van der Waals surface area contributed by atoms with E-state index in [4.69, 9.17) is 25.6 Å². The standard InChI is InChI=1S/C21H27N7O4/c1-3-30-21(12-13-21)32-20(29)25-17-11-7-10-16(24-17)14-31-26-18(19(22)28(2)27-23)15-8-5-4-6-9-15/h4-11,22,27H,3,12-14,23H2,1-2H3,(H,24,25,29)/b22-19?,26-18-. The zero-order valence-corrected chi connectivity index (χ0v) is 18.0. The highest BCUT2D eigenvalue weighted by molar-refractivity contribution is 6.46. The quantitative estimate of drug-likeness (QED) is 0.144. The van der Waals surface area contributed by atoms with Crippen molar-refractivity contribution < 1.29 is 19.1 Å². The predicted octanol–water partition coefficient (Wildman–Crippen LogP) is 2.36. The maximum Gasteiger partial charge on any atom is 0.415 e. The molecule has 1 aromatic heterocycles. The maximum absolute atomic E-state index is 12.1. The number of hydrogen-bond donors (Lipinski definition) is 4. The van der Waals surface area contributed by atoms with Crippen LogP contribution in [0.15, 0.2) is 53.7 Å². The molecule has 1 amide bonds. The minimum atomic E-state index is -0.807. The molecule has 1 aliphatic carbocycles. The Balaban J connectivity index is 1.63. The molecule has 0 saturated heterocycles. The number of aromatic nitrogens is 1. The predicted molar refractivity (Wildman–Crippen MR) is 119 cm³/mol. The molecule has 0 atom stereocenters. The number of amidine groups is 1. The van der Waals surface area contributed by atoms with Gasteiger partial charge in [0, 0.05) is 32.1 Å². The normalized spacial score (nSPS) is 14.4. The number of pyridine rings is 1. The largest absolute Gasteiger partial charge is 0.417 e. The van der Waals surface area contributed by atoms with E-state index in [0.29, 0.717) is 36.5 Å². The number of rotatable bonds is 10. The lowest BCUT2D eigenvalue weighted by Crippen LogP contribution is -2.46. The van der Waals surface area contributed by atoms with Gasteiger partial charge in [0.05, 0.1) is 5.69 Å². The molecule has 3 rings (SSSR count). The van der Waals surface area contributed by atoms with Gasteiger partial charge in [-0.3, -0.25) is 21.6 Å². The van der Waals surface area contributed by atoms with Crippen LogP contribution in [0.5, 0.6) is 0 Å². The number of carbonyl (C=O) groups is 1. The Bertz CT molecular complexity index is 964. The molecular formula is C21H27N7O4. The van der Waals surface area contributed by atoms with Crippen LogP contribution in [0, 0.1) is 5.41 Å². The molecule has 2 aromatic rings. The summed E-state index contributed by atoms with van der Waals surface area (Å²) < 4.78 is 10.8. The highest BCUT2D eigenvalue weighted by atomic mass is 16.7. The third kappa shape index (κ3) is 6.23. The summed E-state index contributed by atoms with van der Waals surface area (Å²) in [6.07, 6.45) is 0.735. The van der Waals surface area contributed by atoms with Crippen LogP contribution < -0.4 is 16.7 Å². The Morgan fingerprint density at radius 3 is 2.66 bits per heavy atom. The van der Waals surface area contributed by atoms with Crippen LogP contribution in [-0.4, -0.2) is 47.1 Å². The van der Waals surface area contributed by atoms with Crippen molar-refractivity contribution in [3.8, 4) is 0 Å². The SMILES string of the molecule is CCOC1(OC(=O)Nc2cccc(CO/N=C(\C(=N)N(C)NN)c3ccccc3)n2)CC1. The number of carbonyl (C=O) groups excluding carboxylic acids is 1. The van der Waals surface area contributed by atoms with Gasteiger partial charge in [-0.2, -0.15) is 5.53 Å². The number of hydrogen-bond acceptors (Lipinski definition) is 9. The number of amides is 1. The molecule has 1 saturated carbocycles. The van der Waals surface area contributed by atoms with Crippen LogP contribution in [0.1, 0.15) is 31.0 Å². The number of benzene rings is 1. The number of ether oxygens (including phenoxy) is 2. The van der Waals surface area contributed by atoms with Gasteiger partial charge in [-0.05, 0) is 19.1 Å². The second-order valence-electron chi connectivity index (χ2n) is 6.99. The molecule has 1 aliphatic rings. The molecule has 11 heteroatoms. The molecule has 5 N–H and O–H groups in total. The van der Waals surface area contributed by atoms with Crippen molar-refractivity contribution >= 4 is 23.5 Å². The van der Waals surface area contributed by atoms with E-state index >= 15 is 0 Å². The molecule has 0 unspecified atom stereocenters. The molecule has 0 aliphatic heterocycles. The zero-order valence-electron chi connectivity index (χ0n) is 18.0. The summed E-state index contributed by atoms with van der Waals surface area (Å²) in [6.45, 7) is 2.35. The van der Waals surface area contributed by atoms with E-state index in [0.717, 1.165) is 0 Å². The fraction of sp³-hybridized carbons (Fsp3) is 0.333. The lowest BCUT2D eigenvalue weighted by atomic mass is 10.1. The summed E-state index contributed by atoms with van der Waals surface area (Å²) in [7, 11) is 1.59. The van der Waals surface area contributed by atoms with Gasteiger partial charge in [-0.1, -0.05) is 41.6 Å². The molecule has 0 spiro atoms. The van der Waals surface area contributed by atoms with E-state index in [1.165, 1.54) is 5.01 Å². The molecule has 1 fully saturated rings. The first-order valence-electron chi connectivity index (χ1n) is 10.1. The van der Waals surface area contributed by atoms with Gasteiger partial charge in [-0.25, -0.2) is 9.78 Å². The van der Waals surface area contributed by atoms with Gasteiger partial charge >= 0.3 is 6.09 Å². The molecule has 170 valence electrons. The van der Waals surface area contributed by atoms with E-state index in [9.17, 15) is 4.79 Å². The topological polar surface area (TPSA) is 147 Å². The summed E-state index contributed by atoms with van der Waals surface area (Å²) in [5.41, 5.74) is 3.88. The monoisotopic (exact) mass is 441 g/mol. The first kappa shape index (κ1) is 23.1. The Kier molecular flexibility index (Phi) is 7.71. The summed E-state index contributed by atoms with van der Waals surface area (Å²) in [6, 6.07) is 14.3. The van der Waals surface area contributed by atoms with Gasteiger partial charge in [0.1, 0.15) is 5.82 Å². The van der Waals surface area contributed by atoms with E-state index in [2.05, 4.69) is 21.0 Å². The van der Waals surface area contributed by atoms with Gasteiger partial charge in [0.2, 0.25) is 5.79 Å². The first-order chi connectivity index (χ1) is 15.5. The van der Waals surface area contributed by atoms with Gasteiger partial charge < -0.3 is 14.3 Å². The van der Waals surface area contributed by atoms with Crippen LogP contribution in [0.25, 0.3) is 0 Å². The second kappa shape index (κ2) is 10.7. The van der Waals surface area contributed by atoms with Gasteiger partial charge in [0.25, 0.3) is 0 Å². The number of nitrogens with one attached hydrogen (secondary N) is 3. The second-order valence-corrected chi connectivity index (χ2v) is 6.99. The van der Waals surface area contributed by atoms with Crippen molar-refractivity contribution in [2.24, 2.45) is 11.0 Å². The van der Waals surface area contributed by atoms with Gasteiger partial charge in [-0.15, -0.1) is 0 Å². The van der Waals surface area contributed by atoms with E-state index < -0.39 is 11.9 Å². The third-order valence-corrected chi connectivity index (χ3v) is 4.55. The zero-order chi connectivity index (χ0) is 23.0. The Labute approximate surface area is 186 Å². The minimum absolute atomic E-state index is 0.0214. The molecular weight excluding hydrogens is 414 g/mol. The van der Waals surface area contributed by atoms with Crippen LogP contribution in [0.4, 0.5) is 10.6 Å². The first-order valence-corrected chi connectivity index (χ1v) is 10.1. The van der Waals surface area contributed by atoms with E-state index in [-0.39, 0.29) is 18.2 Å². The smallest absolute Gasteiger partial charge is 0.415 e. The lowest BCUT2D eigenvalue weighted by Gasteiger charge is -2.19. The molecule has 0 bridgehead atoms. The van der Waals surface area contributed by atoms with Crippen molar-refractivity contribution in [3.05, 3.63) is 59.8 Å². The lowest BCUT2D eigenvalue weighted by molar-refractivity contribution is -0.120. The van der Waals surface area contributed by atoms with Crippen molar-refractivity contribution in [2.45, 2.75) is 32.2 Å². The molecule has 1 heterocycles. The molecule has 32 heavy (non-hydrogen) atoms. The fourth-order valence-corrected chi connectivity index (χ4v) is 2.78. The minimum Gasteiger partial charge on any atom is -0.417 e. The number of nitrogens with two attached hydrogens (primary N) is 1. The number of likely N-dealkylation sites (N-methyl/N-ethyl adjacent to an activating group) is 1. The third-order valence-electron chi connectivity index (χ3n) is 4.55. The number of nitrogens with zero attached hydrogens (tertiary/aromatic N) is 3. The van der Waals surface area contributed by atoms with Crippen LogP contribution in [0.2, 0.25) is 0 Å². The summed E-state index contributed by atoms with van der Waals surface area (Å²) in [5.74, 6) is 4.93. The van der Waals surface area contributed by atoms with Gasteiger partial charge in [0.15, 0.2) is 18.2 Å². The van der Waals surface area contributed by atoms with Crippen molar-refractivity contribution in [3.63, 3.8) is 0 Å². The maximum atomic E-state index is 12.1. The summed E-state index contributed by atoms with van der Waals surface area (Å²) in [5, 5.41) is 16.3. The van der Waals surface area contributed by atoms with Crippen LogP contribution in [-0.2, 0) is 20.9 Å². The Hall–Kier alpha value is -3.54. The van der Waals surface area contributed by atoms with Crippen molar-refractivity contribution in [2.75, 3.05) is 19.0 Å². The Morgan fingerprint density at radius 2 is 2.00 bits per heavy atom. The summed E-state index contributed by atoms with van der Waals surface area (Å²) in [4.78, 5) is 21.9. The average molecular weight is 441 g/mol. The molecule has 11 nitrogen and oxygen atoms in total. The average Bonchev–Trinajstić information content (AvgIpc) is 3.55. The molecule has 0 radical (unpaired) electrons. The number of anilines is 1. The highest BCUT2D eigenvalue weighted by Crippen LogP contribution is 2.40. The van der Waals surface area contributed by atoms with Crippen molar-refractivity contribution in [1.82, 2.24) is 15.5 Å². The summed E-state index contributed by atoms with van der Waals surface area (Å²) >= 11 is 0. The van der Waals surface area contributed by atoms with E-state index in [1.807, 2.05) is 37.3 Å². The number of oxime groups is 1. The van der Waals surface area contributed by atoms with E-state index in [1.54, 1.807) is 25.2 Å². The van der Waals surface area contributed by atoms with Crippen LogP contribution in [0.3, 0.4) is 0 Å². The fourth-order valence-electron chi connectivity index (χ4n) is 2.78. The van der Waals surface area contributed by atoms with Crippen LogP contribution >= 0.6 is 0 Å².